The van der Waals surface area contributed by atoms with Crippen LogP contribution < -0.4 is 5.32 Å². The summed E-state index contributed by atoms with van der Waals surface area (Å²) in [5, 5.41) is 7.77. The summed E-state index contributed by atoms with van der Waals surface area (Å²) < 4.78 is 3.13. The Morgan fingerprint density at radius 2 is 2.05 bits per heavy atom. The Morgan fingerprint density at radius 1 is 1.32 bits per heavy atom. The van der Waals surface area contributed by atoms with Gasteiger partial charge in [-0.2, -0.15) is 5.10 Å². The molecular weight excluding hydrogens is 302 g/mol. The van der Waals surface area contributed by atoms with Crippen LogP contribution in [0.2, 0.25) is 0 Å². The number of nitrogens with zero attached hydrogens (tertiary/aromatic N) is 2. The summed E-state index contributed by atoms with van der Waals surface area (Å²) in [5.41, 5.74) is 2.57. The van der Waals surface area contributed by atoms with E-state index in [1.54, 1.807) is 0 Å². The van der Waals surface area contributed by atoms with Crippen molar-refractivity contribution in [1.82, 2.24) is 15.1 Å². The first kappa shape index (κ1) is 14.3. The number of rotatable bonds is 6. The maximum absolute atomic E-state index is 4.40. The second-order valence-corrected chi connectivity index (χ2v) is 5.62. The van der Waals surface area contributed by atoms with Crippen LogP contribution >= 0.6 is 15.9 Å². The molecule has 0 spiro atoms. The molecule has 0 aliphatic heterocycles. The van der Waals surface area contributed by atoms with Gasteiger partial charge in [-0.1, -0.05) is 35.0 Å². The summed E-state index contributed by atoms with van der Waals surface area (Å²) in [7, 11) is 2.00. The Morgan fingerprint density at radius 3 is 2.68 bits per heavy atom. The van der Waals surface area contributed by atoms with E-state index >= 15 is 0 Å². The smallest absolute Gasteiger partial charge is 0.0537 e. The third kappa shape index (κ3) is 3.91. The van der Waals surface area contributed by atoms with Gasteiger partial charge in [-0.15, -0.1) is 0 Å². The summed E-state index contributed by atoms with van der Waals surface area (Å²) >= 11 is 3.47. The van der Waals surface area contributed by atoms with Gasteiger partial charge in [-0.3, -0.25) is 4.68 Å². The van der Waals surface area contributed by atoms with Gasteiger partial charge in [-0.25, -0.2) is 0 Å². The predicted molar refractivity (Wildman–Crippen MR) is 82.2 cm³/mol. The van der Waals surface area contributed by atoms with Gasteiger partial charge in [0, 0.05) is 28.8 Å². The fraction of sp³-hybridized carbons (Fsp3) is 0.400. The van der Waals surface area contributed by atoms with Crippen LogP contribution in [-0.2, 0) is 13.0 Å². The minimum Gasteiger partial charge on any atom is -0.313 e. The van der Waals surface area contributed by atoms with Crippen LogP contribution in [0.15, 0.2) is 41.1 Å². The molecule has 0 aliphatic carbocycles. The normalized spacial score (nSPS) is 12.6. The van der Waals surface area contributed by atoms with Crippen molar-refractivity contribution in [2.75, 3.05) is 7.05 Å². The van der Waals surface area contributed by atoms with Gasteiger partial charge in [0.1, 0.15) is 0 Å². The standard InChI is InChI=1S/C15H20BrN3/c1-3-8-19-11-13(10-18-19)15(17-2)9-12-4-6-14(16)7-5-12/h4-7,10-11,15,17H,3,8-9H2,1-2H3. The number of benzene rings is 1. The third-order valence-electron chi connectivity index (χ3n) is 3.21. The van der Waals surface area contributed by atoms with E-state index in [0.717, 1.165) is 23.9 Å². The highest BCUT2D eigenvalue weighted by atomic mass is 79.9. The zero-order valence-corrected chi connectivity index (χ0v) is 13.0. The molecular formula is C15H20BrN3. The van der Waals surface area contributed by atoms with E-state index in [2.05, 4.69) is 63.7 Å². The first-order valence-electron chi connectivity index (χ1n) is 6.67. The van der Waals surface area contributed by atoms with Gasteiger partial charge in [0.15, 0.2) is 0 Å². The Bertz CT molecular complexity index is 504. The fourth-order valence-electron chi connectivity index (χ4n) is 2.15. The molecule has 0 saturated carbocycles. The van der Waals surface area contributed by atoms with Crippen LogP contribution in [0.1, 0.15) is 30.5 Å². The topological polar surface area (TPSA) is 29.9 Å². The Balaban J connectivity index is 2.08. The number of hydrogen-bond acceptors (Lipinski definition) is 2. The molecule has 0 bridgehead atoms. The largest absolute Gasteiger partial charge is 0.313 e. The van der Waals surface area contributed by atoms with E-state index in [9.17, 15) is 0 Å². The molecule has 0 radical (unpaired) electrons. The van der Waals surface area contributed by atoms with Crippen molar-refractivity contribution in [2.45, 2.75) is 32.4 Å². The number of nitrogens with one attached hydrogen (secondary N) is 1. The molecule has 0 fully saturated rings. The minimum absolute atomic E-state index is 0.312. The van der Waals surface area contributed by atoms with Crippen molar-refractivity contribution in [1.29, 1.82) is 0 Å². The number of hydrogen-bond donors (Lipinski definition) is 1. The summed E-state index contributed by atoms with van der Waals surface area (Å²) in [5.74, 6) is 0. The molecule has 3 nitrogen and oxygen atoms in total. The number of halogens is 1. The van der Waals surface area contributed by atoms with Gasteiger partial charge >= 0.3 is 0 Å². The molecule has 0 saturated heterocycles. The van der Waals surface area contributed by atoms with Crippen LogP contribution in [-0.4, -0.2) is 16.8 Å². The lowest BCUT2D eigenvalue weighted by Gasteiger charge is -2.14. The molecule has 102 valence electrons. The van der Waals surface area contributed by atoms with Crippen molar-refractivity contribution in [3.05, 3.63) is 52.3 Å². The quantitative estimate of drug-likeness (QED) is 0.881. The molecule has 2 rings (SSSR count). The lowest BCUT2D eigenvalue weighted by molar-refractivity contribution is 0.582. The Labute approximate surface area is 123 Å². The maximum Gasteiger partial charge on any atom is 0.0537 e. The molecule has 4 heteroatoms. The predicted octanol–water partition coefficient (Wildman–Crippen LogP) is 3.56. The van der Waals surface area contributed by atoms with Crippen molar-refractivity contribution in [3.63, 3.8) is 0 Å². The summed E-state index contributed by atoms with van der Waals surface area (Å²) in [6.07, 6.45) is 6.19. The molecule has 1 atom stereocenters. The molecule has 1 aromatic carbocycles. The van der Waals surface area contributed by atoms with Gasteiger partial charge < -0.3 is 5.32 Å². The van der Waals surface area contributed by atoms with Crippen LogP contribution in [0, 0.1) is 0 Å². The summed E-state index contributed by atoms with van der Waals surface area (Å²) in [4.78, 5) is 0. The van der Waals surface area contributed by atoms with Gasteiger partial charge in [0.05, 0.1) is 6.20 Å². The van der Waals surface area contributed by atoms with E-state index in [0.29, 0.717) is 6.04 Å². The molecule has 1 heterocycles. The highest BCUT2D eigenvalue weighted by molar-refractivity contribution is 9.10. The molecule has 1 aromatic heterocycles. The average Bonchev–Trinajstić information content (AvgIpc) is 2.87. The summed E-state index contributed by atoms with van der Waals surface area (Å²) in [6.45, 7) is 3.15. The molecule has 19 heavy (non-hydrogen) atoms. The van der Waals surface area contributed by atoms with E-state index in [1.165, 1.54) is 11.1 Å². The van der Waals surface area contributed by atoms with E-state index in [4.69, 9.17) is 0 Å². The van der Waals surface area contributed by atoms with E-state index in [1.807, 2.05) is 17.9 Å². The first-order chi connectivity index (χ1) is 9.22. The zero-order valence-electron chi connectivity index (χ0n) is 11.4. The van der Waals surface area contributed by atoms with Gasteiger partial charge in [-0.05, 0) is 37.6 Å². The average molecular weight is 322 g/mol. The number of aromatic nitrogens is 2. The van der Waals surface area contributed by atoms with Gasteiger partial charge in [0.2, 0.25) is 0 Å². The number of likely N-dealkylation sites (N-methyl/N-ethyl adjacent to an activating group) is 1. The van der Waals surface area contributed by atoms with Crippen LogP contribution in [0.3, 0.4) is 0 Å². The second-order valence-electron chi connectivity index (χ2n) is 4.71. The van der Waals surface area contributed by atoms with Crippen LogP contribution in [0.4, 0.5) is 0 Å². The lowest BCUT2D eigenvalue weighted by Crippen LogP contribution is -2.18. The van der Waals surface area contributed by atoms with Crippen molar-refractivity contribution >= 4 is 15.9 Å². The second kappa shape index (κ2) is 6.87. The maximum atomic E-state index is 4.40. The first-order valence-corrected chi connectivity index (χ1v) is 7.46. The molecule has 1 unspecified atom stereocenters. The Hall–Kier alpha value is -1.13. The van der Waals surface area contributed by atoms with Gasteiger partial charge in [0.25, 0.3) is 0 Å². The van der Waals surface area contributed by atoms with Crippen molar-refractivity contribution < 1.29 is 0 Å². The molecule has 1 N–H and O–H groups in total. The number of aryl methyl sites for hydroxylation is 1. The SMILES string of the molecule is CCCn1cc(C(Cc2ccc(Br)cc2)NC)cn1. The van der Waals surface area contributed by atoms with E-state index < -0.39 is 0 Å². The fourth-order valence-corrected chi connectivity index (χ4v) is 2.42. The monoisotopic (exact) mass is 321 g/mol. The lowest BCUT2D eigenvalue weighted by atomic mass is 10.0. The van der Waals surface area contributed by atoms with Crippen molar-refractivity contribution in [3.8, 4) is 0 Å². The van der Waals surface area contributed by atoms with Crippen LogP contribution in [0.5, 0.6) is 0 Å². The molecule has 0 aliphatic rings. The van der Waals surface area contributed by atoms with Crippen LogP contribution in [0.25, 0.3) is 0 Å². The Kier molecular flexibility index (Phi) is 5.16. The minimum atomic E-state index is 0.312. The van der Waals surface area contributed by atoms with Crippen molar-refractivity contribution in [2.24, 2.45) is 0 Å². The molecule has 2 aromatic rings. The highest BCUT2D eigenvalue weighted by Gasteiger charge is 2.12. The summed E-state index contributed by atoms with van der Waals surface area (Å²) in [6, 6.07) is 8.80. The molecule has 0 amide bonds. The van der Waals surface area contributed by atoms with E-state index in [-0.39, 0.29) is 0 Å². The zero-order chi connectivity index (χ0) is 13.7. The third-order valence-corrected chi connectivity index (χ3v) is 3.74. The highest BCUT2D eigenvalue weighted by Crippen LogP contribution is 2.19.